The van der Waals surface area contributed by atoms with E-state index in [2.05, 4.69) is 35.9 Å². The van der Waals surface area contributed by atoms with E-state index in [1.807, 2.05) is 13.1 Å². The molecular formula is C14H23N3. The first-order valence-corrected chi connectivity index (χ1v) is 6.57. The van der Waals surface area contributed by atoms with E-state index in [1.165, 1.54) is 12.8 Å². The summed E-state index contributed by atoms with van der Waals surface area (Å²) in [6.07, 6.45) is 4.48. The van der Waals surface area contributed by atoms with Crippen molar-refractivity contribution < 1.29 is 0 Å². The first kappa shape index (κ1) is 12.4. The minimum Gasteiger partial charge on any atom is -0.353 e. The Morgan fingerprint density at radius 2 is 2.12 bits per heavy atom. The first-order chi connectivity index (χ1) is 8.09. The fourth-order valence-corrected chi connectivity index (χ4v) is 2.61. The van der Waals surface area contributed by atoms with Gasteiger partial charge in [0, 0.05) is 24.8 Å². The van der Waals surface area contributed by atoms with Gasteiger partial charge in [-0.25, -0.2) is 4.98 Å². The Morgan fingerprint density at radius 1 is 1.35 bits per heavy atom. The van der Waals surface area contributed by atoms with Gasteiger partial charge in [-0.05, 0) is 37.3 Å². The topological polar surface area (TPSA) is 42.1 Å². The molecule has 1 aliphatic rings. The monoisotopic (exact) mass is 233 g/mol. The normalized spacial score (nSPS) is 22.2. The molecule has 2 atom stereocenters. The van der Waals surface area contributed by atoms with Crippen LogP contribution in [0.25, 0.3) is 0 Å². The first-order valence-electron chi connectivity index (χ1n) is 6.57. The average Bonchev–Trinajstić information content (AvgIpc) is 2.78. The molecule has 0 amide bonds. The molecular weight excluding hydrogens is 210 g/mol. The molecule has 1 saturated heterocycles. The highest BCUT2D eigenvalue weighted by atomic mass is 15.2. The van der Waals surface area contributed by atoms with Gasteiger partial charge in [-0.1, -0.05) is 19.9 Å². The Kier molecular flexibility index (Phi) is 3.67. The third-order valence-electron chi connectivity index (χ3n) is 3.66. The van der Waals surface area contributed by atoms with Gasteiger partial charge in [-0.3, -0.25) is 0 Å². The third-order valence-corrected chi connectivity index (χ3v) is 3.66. The molecule has 0 aromatic carbocycles. The van der Waals surface area contributed by atoms with Crippen LogP contribution >= 0.6 is 0 Å². The van der Waals surface area contributed by atoms with Crippen LogP contribution in [0.2, 0.25) is 0 Å². The molecule has 0 radical (unpaired) electrons. The van der Waals surface area contributed by atoms with Crippen molar-refractivity contribution in [3.05, 3.63) is 23.9 Å². The summed E-state index contributed by atoms with van der Waals surface area (Å²) >= 11 is 0. The molecule has 0 spiro atoms. The van der Waals surface area contributed by atoms with Crippen LogP contribution in [-0.4, -0.2) is 17.6 Å². The Bertz CT molecular complexity index is 356. The van der Waals surface area contributed by atoms with E-state index < -0.39 is 0 Å². The maximum atomic E-state index is 5.84. The van der Waals surface area contributed by atoms with E-state index in [9.17, 15) is 0 Å². The number of anilines is 1. The molecule has 2 N–H and O–H groups in total. The zero-order valence-electron chi connectivity index (χ0n) is 11.1. The summed E-state index contributed by atoms with van der Waals surface area (Å²) in [5.74, 6) is 1.79. The highest BCUT2D eigenvalue weighted by Gasteiger charge is 2.27. The van der Waals surface area contributed by atoms with Crippen LogP contribution in [0.3, 0.4) is 0 Å². The van der Waals surface area contributed by atoms with Gasteiger partial charge in [0.25, 0.3) is 0 Å². The molecule has 1 fully saturated rings. The van der Waals surface area contributed by atoms with Gasteiger partial charge < -0.3 is 10.6 Å². The summed E-state index contributed by atoms with van der Waals surface area (Å²) in [6.45, 7) is 7.70. The SMILES string of the molecule is CC(C)C1CCCN1c1ccc([C@H](C)N)cn1. The van der Waals surface area contributed by atoms with Crippen LogP contribution in [0.1, 0.15) is 45.2 Å². The van der Waals surface area contributed by atoms with Crippen LogP contribution < -0.4 is 10.6 Å². The molecule has 1 aromatic rings. The van der Waals surface area contributed by atoms with Crippen molar-refractivity contribution in [2.45, 2.75) is 45.7 Å². The summed E-state index contributed by atoms with van der Waals surface area (Å²) < 4.78 is 0. The van der Waals surface area contributed by atoms with E-state index in [-0.39, 0.29) is 6.04 Å². The smallest absolute Gasteiger partial charge is 0.128 e. The fraction of sp³-hybridized carbons (Fsp3) is 0.643. The number of rotatable bonds is 3. The molecule has 17 heavy (non-hydrogen) atoms. The lowest BCUT2D eigenvalue weighted by Crippen LogP contribution is -2.33. The van der Waals surface area contributed by atoms with Crippen molar-refractivity contribution in [3.8, 4) is 0 Å². The number of nitrogens with two attached hydrogens (primary N) is 1. The minimum atomic E-state index is 0.0658. The number of pyridine rings is 1. The van der Waals surface area contributed by atoms with Crippen molar-refractivity contribution in [2.24, 2.45) is 11.7 Å². The number of nitrogens with zero attached hydrogens (tertiary/aromatic N) is 2. The molecule has 0 saturated carbocycles. The van der Waals surface area contributed by atoms with Gasteiger partial charge in [0.1, 0.15) is 5.82 Å². The Balaban J connectivity index is 2.16. The fourth-order valence-electron chi connectivity index (χ4n) is 2.61. The Labute approximate surface area is 104 Å². The highest BCUT2D eigenvalue weighted by molar-refractivity contribution is 5.42. The third kappa shape index (κ3) is 2.60. The van der Waals surface area contributed by atoms with Crippen LogP contribution in [0, 0.1) is 5.92 Å². The highest BCUT2D eigenvalue weighted by Crippen LogP contribution is 2.28. The maximum Gasteiger partial charge on any atom is 0.128 e. The zero-order chi connectivity index (χ0) is 12.4. The van der Waals surface area contributed by atoms with E-state index in [4.69, 9.17) is 5.73 Å². The summed E-state index contributed by atoms with van der Waals surface area (Å²) in [7, 11) is 0. The second kappa shape index (κ2) is 5.05. The van der Waals surface area contributed by atoms with Gasteiger partial charge in [0.05, 0.1) is 0 Å². The lowest BCUT2D eigenvalue weighted by atomic mass is 10.0. The lowest BCUT2D eigenvalue weighted by Gasteiger charge is -2.28. The predicted molar refractivity (Wildman–Crippen MR) is 72.0 cm³/mol. The molecule has 2 rings (SSSR count). The largest absolute Gasteiger partial charge is 0.353 e. The molecule has 0 bridgehead atoms. The summed E-state index contributed by atoms with van der Waals surface area (Å²) in [4.78, 5) is 7.00. The summed E-state index contributed by atoms with van der Waals surface area (Å²) in [6, 6.07) is 4.92. The van der Waals surface area contributed by atoms with E-state index in [1.54, 1.807) is 0 Å². The Hall–Kier alpha value is -1.09. The number of aromatic nitrogens is 1. The van der Waals surface area contributed by atoms with E-state index in [0.29, 0.717) is 12.0 Å². The predicted octanol–water partition coefficient (Wildman–Crippen LogP) is 2.73. The molecule has 2 heterocycles. The molecule has 3 heteroatoms. The average molecular weight is 233 g/mol. The van der Waals surface area contributed by atoms with Crippen molar-refractivity contribution >= 4 is 5.82 Å². The lowest BCUT2D eigenvalue weighted by molar-refractivity contribution is 0.489. The second-order valence-electron chi connectivity index (χ2n) is 5.39. The molecule has 1 aromatic heterocycles. The molecule has 94 valence electrons. The van der Waals surface area contributed by atoms with Gasteiger partial charge in [0.2, 0.25) is 0 Å². The summed E-state index contributed by atoms with van der Waals surface area (Å²) in [5.41, 5.74) is 6.94. The maximum absolute atomic E-state index is 5.84. The van der Waals surface area contributed by atoms with Crippen LogP contribution in [-0.2, 0) is 0 Å². The Morgan fingerprint density at radius 3 is 2.65 bits per heavy atom. The quantitative estimate of drug-likeness (QED) is 0.873. The number of hydrogen-bond acceptors (Lipinski definition) is 3. The second-order valence-corrected chi connectivity index (χ2v) is 5.39. The minimum absolute atomic E-state index is 0.0658. The number of hydrogen-bond donors (Lipinski definition) is 1. The van der Waals surface area contributed by atoms with Gasteiger partial charge >= 0.3 is 0 Å². The van der Waals surface area contributed by atoms with Gasteiger partial charge in [-0.15, -0.1) is 0 Å². The molecule has 3 nitrogen and oxygen atoms in total. The van der Waals surface area contributed by atoms with Crippen LogP contribution in [0.15, 0.2) is 18.3 Å². The van der Waals surface area contributed by atoms with Crippen LogP contribution in [0.5, 0.6) is 0 Å². The zero-order valence-corrected chi connectivity index (χ0v) is 11.1. The van der Waals surface area contributed by atoms with Crippen molar-refractivity contribution in [3.63, 3.8) is 0 Å². The van der Waals surface area contributed by atoms with Gasteiger partial charge in [0.15, 0.2) is 0 Å². The van der Waals surface area contributed by atoms with Gasteiger partial charge in [-0.2, -0.15) is 0 Å². The standard InChI is InChI=1S/C14H23N3/c1-10(2)13-5-4-8-17(13)14-7-6-12(9-16-14)11(3)15/h6-7,9-11,13H,4-5,8,15H2,1-3H3/t11-,13?/m0/s1. The molecule has 1 aliphatic heterocycles. The van der Waals surface area contributed by atoms with Crippen molar-refractivity contribution in [2.75, 3.05) is 11.4 Å². The van der Waals surface area contributed by atoms with E-state index >= 15 is 0 Å². The molecule has 0 aliphatic carbocycles. The van der Waals surface area contributed by atoms with E-state index in [0.717, 1.165) is 17.9 Å². The molecule has 1 unspecified atom stereocenters. The van der Waals surface area contributed by atoms with Crippen molar-refractivity contribution in [1.29, 1.82) is 0 Å². The van der Waals surface area contributed by atoms with Crippen LogP contribution in [0.4, 0.5) is 5.82 Å². The summed E-state index contributed by atoms with van der Waals surface area (Å²) in [5, 5.41) is 0. The van der Waals surface area contributed by atoms with Crippen molar-refractivity contribution in [1.82, 2.24) is 4.98 Å².